The van der Waals surface area contributed by atoms with Gasteiger partial charge in [-0.1, -0.05) is 23.8 Å². The highest BCUT2D eigenvalue weighted by atomic mass is 35.5. The molecule has 3 aromatic rings. The summed E-state index contributed by atoms with van der Waals surface area (Å²) in [4.78, 5) is 16.9. The van der Waals surface area contributed by atoms with Crippen molar-refractivity contribution in [2.75, 3.05) is 0 Å². The minimum absolute atomic E-state index is 0.198. The molecule has 4 heteroatoms. The fourth-order valence-corrected chi connectivity index (χ4v) is 3.45. The molecule has 2 N–H and O–H groups in total. The van der Waals surface area contributed by atoms with Gasteiger partial charge in [-0.2, -0.15) is 0 Å². The minimum Gasteiger partial charge on any atom is -0.306 e. The number of rotatable bonds is 2. The van der Waals surface area contributed by atoms with Gasteiger partial charge in [0, 0.05) is 0 Å². The monoisotopic (exact) mass is 300 g/mol. The van der Waals surface area contributed by atoms with E-state index in [0.29, 0.717) is 0 Å². The molecule has 21 heavy (non-hydrogen) atoms. The topological polar surface area (TPSA) is 48.6 Å². The fraction of sp³-hybridized carbons (Fsp3) is 0.235. The summed E-state index contributed by atoms with van der Waals surface area (Å²) >= 11 is 6.70. The Hall–Kier alpha value is -2.00. The summed E-state index contributed by atoms with van der Waals surface area (Å²) in [5.41, 5.74) is 7.12. The standard InChI is InChI=1S/C17H17ClN2O/c1-9-6-10(2)15(11(3)7-9)16(18)12-4-5-13-14(8-12)20-17(21)19-13/h4-8,16H,1-3H3,(H2,19,20,21). The average Bonchev–Trinajstić information content (AvgIpc) is 2.76. The summed E-state index contributed by atoms with van der Waals surface area (Å²) in [6, 6.07) is 10.1. The summed E-state index contributed by atoms with van der Waals surface area (Å²) in [6.07, 6.45) is 0. The average molecular weight is 301 g/mol. The number of imidazole rings is 1. The number of hydrogen-bond donors (Lipinski definition) is 2. The van der Waals surface area contributed by atoms with E-state index >= 15 is 0 Å². The van der Waals surface area contributed by atoms with Crippen LogP contribution < -0.4 is 5.69 Å². The molecule has 1 aromatic heterocycles. The lowest BCUT2D eigenvalue weighted by Crippen LogP contribution is -2.00. The molecule has 0 radical (unpaired) electrons. The molecule has 0 spiro atoms. The number of halogens is 1. The number of nitrogens with one attached hydrogen (secondary N) is 2. The van der Waals surface area contributed by atoms with Crippen LogP contribution in [0.3, 0.4) is 0 Å². The van der Waals surface area contributed by atoms with Crippen molar-refractivity contribution in [3.05, 3.63) is 68.6 Å². The van der Waals surface area contributed by atoms with Crippen LogP contribution in [-0.4, -0.2) is 9.97 Å². The van der Waals surface area contributed by atoms with Crippen molar-refractivity contribution in [2.45, 2.75) is 26.1 Å². The van der Waals surface area contributed by atoms with Gasteiger partial charge in [-0.25, -0.2) is 4.79 Å². The van der Waals surface area contributed by atoms with Crippen molar-refractivity contribution < 1.29 is 0 Å². The van der Waals surface area contributed by atoms with Crippen molar-refractivity contribution in [2.24, 2.45) is 0 Å². The zero-order valence-corrected chi connectivity index (χ0v) is 13.0. The van der Waals surface area contributed by atoms with Crippen LogP contribution >= 0.6 is 11.6 Å². The maximum absolute atomic E-state index is 11.3. The van der Waals surface area contributed by atoms with Gasteiger partial charge in [-0.3, -0.25) is 0 Å². The van der Waals surface area contributed by atoms with Gasteiger partial charge in [-0.15, -0.1) is 11.6 Å². The Balaban J connectivity index is 2.11. The third-order valence-corrected chi connectivity index (χ3v) is 4.29. The molecule has 0 amide bonds. The first kappa shape index (κ1) is 14.0. The molecular weight excluding hydrogens is 284 g/mol. The number of fused-ring (bicyclic) bond motifs is 1. The van der Waals surface area contributed by atoms with Crippen molar-refractivity contribution in [3.63, 3.8) is 0 Å². The maximum atomic E-state index is 11.3. The van der Waals surface area contributed by atoms with Gasteiger partial charge in [0.15, 0.2) is 0 Å². The second kappa shape index (κ2) is 5.08. The zero-order chi connectivity index (χ0) is 15.1. The first-order valence-corrected chi connectivity index (χ1v) is 7.33. The molecule has 3 nitrogen and oxygen atoms in total. The number of aromatic nitrogens is 2. The lowest BCUT2D eigenvalue weighted by atomic mass is 9.93. The first-order valence-electron chi connectivity index (χ1n) is 6.89. The number of aromatic amines is 2. The van der Waals surface area contributed by atoms with E-state index in [4.69, 9.17) is 11.6 Å². The molecule has 1 heterocycles. The molecule has 0 fully saturated rings. The lowest BCUT2D eigenvalue weighted by molar-refractivity contribution is 1.08. The largest absolute Gasteiger partial charge is 0.323 e. The fourth-order valence-electron chi connectivity index (χ4n) is 2.97. The molecule has 2 aromatic carbocycles. The van der Waals surface area contributed by atoms with Crippen LogP contribution in [0.2, 0.25) is 0 Å². The van der Waals surface area contributed by atoms with Gasteiger partial charge in [-0.05, 0) is 55.2 Å². The molecule has 3 rings (SSSR count). The summed E-state index contributed by atoms with van der Waals surface area (Å²) in [6.45, 7) is 6.26. The van der Waals surface area contributed by atoms with Gasteiger partial charge in [0.25, 0.3) is 0 Å². The minimum atomic E-state index is -0.228. The Bertz CT molecular complexity index is 853. The number of alkyl halides is 1. The Kier molecular flexibility index (Phi) is 3.38. The number of benzene rings is 2. The van der Waals surface area contributed by atoms with E-state index in [1.165, 1.54) is 16.7 Å². The molecule has 0 saturated heterocycles. The smallest absolute Gasteiger partial charge is 0.306 e. The second-order valence-corrected chi connectivity index (χ2v) is 6.00. The van der Waals surface area contributed by atoms with Crippen molar-refractivity contribution in [1.82, 2.24) is 9.97 Å². The van der Waals surface area contributed by atoms with E-state index in [-0.39, 0.29) is 11.1 Å². The molecule has 0 aliphatic heterocycles. The molecule has 0 saturated carbocycles. The molecule has 0 bridgehead atoms. The van der Waals surface area contributed by atoms with E-state index in [0.717, 1.165) is 22.2 Å². The van der Waals surface area contributed by atoms with E-state index < -0.39 is 0 Å². The Morgan fingerprint density at radius 1 is 0.952 bits per heavy atom. The third kappa shape index (κ3) is 2.49. The molecule has 0 aliphatic carbocycles. The van der Waals surface area contributed by atoms with Crippen molar-refractivity contribution in [1.29, 1.82) is 0 Å². The van der Waals surface area contributed by atoms with Gasteiger partial charge in [0.2, 0.25) is 0 Å². The van der Waals surface area contributed by atoms with Crippen LogP contribution in [0.15, 0.2) is 35.1 Å². The van der Waals surface area contributed by atoms with Crippen LogP contribution in [0.5, 0.6) is 0 Å². The van der Waals surface area contributed by atoms with Crippen molar-refractivity contribution >= 4 is 22.6 Å². The third-order valence-electron chi connectivity index (χ3n) is 3.82. The Morgan fingerprint density at radius 3 is 2.24 bits per heavy atom. The van der Waals surface area contributed by atoms with E-state index in [2.05, 4.69) is 42.9 Å². The van der Waals surface area contributed by atoms with Gasteiger partial charge in [0.1, 0.15) is 0 Å². The van der Waals surface area contributed by atoms with Crippen LogP contribution in [0.25, 0.3) is 11.0 Å². The summed E-state index contributed by atoms with van der Waals surface area (Å²) < 4.78 is 0. The normalized spacial score (nSPS) is 12.8. The summed E-state index contributed by atoms with van der Waals surface area (Å²) in [5.74, 6) is 0. The van der Waals surface area contributed by atoms with E-state index in [1.807, 2.05) is 18.2 Å². The second-order valence-electron chi connectivity index (χ2n) is 5.56. The number of aryl methyl sites for hydroxylation is 3. The Labute approximate surface area is 128 Å². The highest BCUT2D eigenvalue weighted by Gasteiger charge is 2.17. The molecular formula is C17H17ClN2O. The molecule has 108 valence electrons. The zero-order valence-electron chi connectivity index (χ0n) is 12.3. The quantitative estimate of drug-likeness (QED) is 0.688. The molecule has 0 aliphatic rings. The van der Waals surface area contributed by atoms with Gasteiger partial charge >= 0.3 is 5.69 Å². The SMILES string of the molecule is Cc1cc(C)c(C(Cl)c2ccc3[nH]c(=O)[nH]c3c2)c(C)c1. The number of hydrogen-bond acceptors (Lipinski definition) is 1. The van der Waals surface area contributed by atoms with Crippen molar-refractivity contribution in [3.8, 4) is 0 Å². The van der Waals surface area contributed by atoms with Crippen LogP contribution in [0, 0.1) is 20.8 Å². The predicted molar refractivity (Wildman–Crippen MR) is 87.3 cm³/mol. The lowest BCUT2D eigenvalue weighted by Gasteiger charge is -2.17. The summed E-state index contributed by atoms with van der Waals surface area (Å²) in [7, 11) is 0. The first-order chi connectivity index (χ1) is 9.95. The maximum Gasteiger partial charge on any atom is 0.323 e. The molecule has 1 unspecified atom stereocenters. The molecule has 1 atom stereocenters. The van der Waals surface area contributed by atoms with E-state index in [9.17, 15) is 4.79 Å². The highest BCUT2D eigenvalue weighted by Crippen LogP contribution is 2.34. The highest BCUT2D eigenvalue weighted by molar-refractivity contribution is 6.23. The van der Waals surface area contributed by atoms with Crippen LogP contribution in [0.1, 0.15) is 33.2 Å². The summed E-state index contributed by atoms with van der Waals surface area (Å²) in [5, 5.41) is -0.228. The van der Waals surface area contributed by atoms with Crippen LogP contribution in [-0.2, 0) is 0 Å². The number of H-pyrrole nitrogens is 2. The Morgan fingerprint density at radius 2 is 1.57 bits per heavy atom. The predicted octanol–water partition coefficient (Wildman–Crippen LogP) is 4.11. The van der Waals surface area contributed by atoms with Gasteiger partial charge < -0.3 is 9.97 Å². The van der Waals surface area contributed by atoms with Crippen LogP contribution in [0.4, 0.5) is 0 Å². The van der Waals surface area contributed by atoms with E-state index in [1.54, 1.807) is 0 Å². The van der Waals surface area contributed by atoms with Gasteiger partial charge in [0.05, 0.1) is 16.4 Å².